The molecule has 5 aliphatic rings. The van der Waals surface area contributed by atoms with Crippen molar-refractivity contribution in [3.05, 3.63) is 24.3 Å². The molecule has 1 saturated heterocycles. The fraction of sp³-hybridized carbons (Fsp3) is 0.692. The van der Waals surface area contributed by atoms with Crippen LogP contribution in [0.25, 0.3) is 0 Å². The van der Waals surface area contributed by atoms with Crippen LogP contribution in [0.4, 0.5) is 0 Å². The lowest BCUT2D eigenvalue weighted by Crippen LogP contribution is -2.56. The quantitative estimate of drug-likeness (QED) is 0.701. The average molecular weight is 441 g/mol. The molecule has 0 spiro atoms. The summed E-state index contributed by atoms with van der Waals surface area (Å²) in [5.41, 5.74) is -0.0900. The normalized spacial score (nSPS) is 31.4. The molecule has 32 heavy (non-hydrogen) atoms. The summed E-state index contributed by atoms with van der Waals surface area (Å²) in [7, 11) is 0. The summed E-state index contributed by atoms with van der Waals surface area (Å²) in [6.07, 6.45) is 9.02. The Bertz CT molecular complexity index is 793. The predicted octanol–water partition coefficient (Wildman–Crippen LogP) is 3.79. The number of hydrogen-bond acceptors (Lipinski definition) is 4. The number of rotatable bonds is 7. The zero-order chi connectivity index (χ0) is 22.1. The van der Waals surface area contributed by atoms with Gasteiger partial charge in [0.2, 0.25) is 5.91 Å². The van der Waals surface area contributed by atoms with Crippen LogP contribution in [0.1, 0.15) is 58.3 Å². The predicted molar refractivity (Wildman–Crippen MR) is 121 cm³/mol. The van der Waals surface area contributed by atoms with Gasteiger partial charge in [0, 0.05) is 24.5 Å². The van der Waals surface area contributed by atoms with E-state index in [-0.39, 0.29) is 24.0 Å². The fourth-order valence-corrected chi connectivity index (χ4v) is 7.04. The third-order valence-corrected chi connectivity index (χ3v) is 8.20. The molecule has 0 unspecified atom stereocenters. The number of hydrogen-bond donors (Lipinski definition) is 1. The van der Waals surface area contributed by atoms with Crippen LogP contribution in [0, 0.1) is 23.2 Å². The average Bonchev–Trinajstić information content (AvgIpc) is 2.78. The van der Waals surface area contributed by atoms with Crippen LogP contribution in [0.3, 0.4) is 0 Å². The molecule has 1 N–H and O–H groups in total. The van der Waals surface area contributed by atoms with E-state index >= 15 is 0 Å². The summed E-state index contributed by atoms with van der Waals surface area (Å²) in [6.45, 7) is 3.96. The van der Waals surface area contributed by atoms with Crippen molar-refractivity contribution in [1.82, 2.24) is 10.2 Å². The summed E-state index contributed by atoms with van der Waals surface area (Å²) < 4.78 is 11.1. The van der Waals surface area contributed by atoms with Gasteiger partial charge in [0.1, 0.15) is 11.5 Å². The van der Waals surface area contributed by atoms with Gasteiger partial charge in [0.15, 0.2) is 6.61 Å². The Hall–Kier alpha value is -2.24. The van der Waals surface area contributed by atoms with E-state index in [1.807, 2.05) is 36.1 Å². The van der Waals surface area contributed by atoms with Crippen LogP contribution in [0.2, 0.25) is 0 Å². The van der Waals surface area contributed by atoms with Gasteiger partial charge in [-0.25, -0.2) is 0 Å². The van der Waals surface area contributed by atoms with Gasteiger partial charge in [0.05, 0.1) is 6.61 Å². The molecule has 0 atom stereocenters. The number of nitrogens with one attached hydrogen (secondary N) is 1. The Labute approximate surface area is 191 Å². The highest BCUT2D eigenvalue weighted by Crippen LogP contribution is 2.60. The molecule has 4 bridgehead atoms. The molecule has 1 aromatic rings. The third kappa shape index (κ3) is 4.46. The highest BCUT2D eigenvalue weighted by atomic mass is 16.5. The minimum absolute atomic E-state index is 0.00439. The molecular weight excluding hydrogens is 404 g/mol. The van der Waals surface area contributed by atoms with Crippen LogP contribution in [-0.4, -0.2) is 49.1 Å². The first kappa shape index (κ1) is 21.6. The van der Waals surface area contributed by atoms with Crippen molar-refractivity contribution >= 4 is 11.8 Å². The first-order valence-electron chi connectivity index (χ1n) is 12.5. The lowest BCUT2D eigenvalue weighted by Gasteiger charge is -2.56. The summed E-state index contributed by atoms with van der Waals surface area (Å²) in [5, 5.41) is 3.39. The van der Waals surface area contributed by atoms with E-state index in [1.165, 1.54) is 19.3 Å². The number of nitrogens with zero attached hydrogens (tertiary/aromatic N) is 1. The van der Waals surface area contributed by atoms with E-state index in [4.69, 9.17) is 9.47 Å². The zero-order valence-electron chi connectivity index (χ0n) is 19.2. The molecule has 0 radical (unpaired) electrons. The zero-order valence-corrected chi connectivity index (χ0v) is 19.2. The van der Waals surface area contributed by atoms with Crippen molar-refractivity contribution in [2.24, 2.45) is 23.2 Å². The number of piperidine rings is 1. The largest absolute Gasteiger partial charge is 0.494 e. The molecule has 6 heteroatoms. The lowest BCUT2D eigenvalue weighted by molar-refractivity contribution is -0.147. The summed E-state index contributed by atoms with van der Waals surface area (Å²) in [6, 6.07) is 7.53. The summed E-state index contributed by atoms with van der Waals surface area (Å²) in [5.74, 6) is 4.11. The second-order valence-corrected chi connectivity index (χ2v) is 10.5. The maximum absolute atomic E-state index is 13.3. The Morgan fingerprint density at radius 3 is 2.00 bits per heavy atom. The third-order valence-electron chi connectivity index (χ3n) is 8.20. The van der Waals surface area contributed by atoms with Gasteiger partial charge >= 0.3 is 0 Å². The molecule has 1 aliphatic heterocycles. The first-order chi connectivity index (χ1) is 15.5. The number of benzene rings is 1. The Morgan fingerprint density at radius 2 is 1.47 bits per heavy atom. The fourth-order valence-electron chi connectivity index (χ4n) is 7.04. The topological polar surface area (TPSA) is 67.9 Å². The van der Waals surface area contributed by atoms with Crippen LogP contribution < -0.4 is 14.8 Å². The SMILES string of the molecule is CCOc1ccc(OCC(=O)N2CCC(NC(=O)C34CC5CC(CC(C5)C3)C4)CC2)cc1. The van der Waals surface area contributed by atoms with Crippen molar-refractivity contribution in [1.29, 1.82) is 0 Å². The Balaban J connectivity index is 1.07. The van der Waals surface area contributed by atoms with Gasteiger partial charge in [0.25, 0.3) is 5.91 Å². The van der Waals surface area contributed by atoms with E-state index in [0.29, 0.717) is 31.4 Å². The van der Waals surface area contributed by atoms with Crippen molar-refractivity contribution < 1.29 is 19.1 Å². The molecule has 6 rings (SSSR count). The standard InChI is InChI=1S/C26H36N2O4/c1-2-31-22-3-5-23(6-4-22)32-17-24(29)28-9-7-21(8-10-28)27-25(30)26-14-18-11-19(15-26)13-20(12-18)16-26/h3-6,18-21H,2,7-17H2,1H3,(H,27,30). The van der Waals surface area contributed by atoms with Crippen molar-refractivity contribution in [2.45, 2.75) is 64.3 Å². The van der Waals surface area contributed by atoms with Crippen LogP contribution >= 0.6 is 0 Å². The Kier molecular flexibility index (Phi) is 6.04. The molecule has 2 amide bonds. The number of ether oxygens (including phenoxy) is 2. The van der Waals surface area contributed by atoms with Gasteiger partial charge in [-0.2, -0.15) is 0 Å². The minimum Gasteiger partial charge on any atom is -0.494 e. The van der Waals surface area contributed by atoms with Crippen LogP contribution in [0.15, 0.2) is 24.3 Å². The number of amides is 2. The lowest BCUT2D eigenvalue weighted by atomic mass is 9.49. The van der Waals surface area contributed by atoms with Crippen molar-refractivity contribution in [3.8, 4) is 11.5 Å². The minimum atomic E-state index is -0.0900. The second kappa shape index (κ2) is 8.95. The molecule has 174 valence electrons. The van der Waals surface area contributed by atoms with E-state index in [2.05, 4.69) is 5.32 Å². The van der Waals surface area contributed by atoms with Crippen LogP contribution in [-0.2, 0) is 9.59 Å². The molecule has 4 aliphatic carbocycles. The molecule has 1 aromatic carbocycles. The number of carbonyl (C=O) groups excluding carboxylic acids is 2. The second-order valence-electron chi connectivity index (χ2n) is 10.5. The van der Waals surface area contributed by atoms with E-state index in [1.54, 1.807) is 0 Å². The van der Waals surface area contributed by atoms with Gasteiger partial charge < -0.3 is 19.7 Å². The summed E-state index contributed by atoms with van der Waals surface area (Å²) in [4.78, 5) is 27.7. The van der Waals surface area contributed by atoms with Crippen LogP contribution in [0.5, 0.6) is 11.5 Å². The van der Waals surface area contributed by atoms with Gasteiger partial charge in [-0.3, -0.25) is 9.59 Å². The first-order valence-corrected chi connectivity index (χ1v) is 12.5. The van der Waals surface area contributed by atoms with E-state index in [9.17, 15) is 9.59 Å². The van der Waals surface area contributed by atoms with Gasteiger partial charge in [-0.15, -0.1) is 0 Å². The van der Waals surface area contributed by atoms with E-state index in [0.717, 1.165) is 55.6 Å². The van der Waals surface area contributed by atoms with Crippen molar-refractivity contribution in [3.63, 3.8) is 0 Å². The summed E-state index contributed by atoms with van der Waals surface area (Å²) >= 11 is 0. The molecule has 0 aromatic heterocycles. The maximum Gasteiger partial charge on any atom is 0.260 e. The highest BCUT2D eigenvalue weighted by Gasteiger charge is 2.54. The van der Waals surface area contributed by atoms with Gasteiger partial charge in [-0.05, 0) is 100 Å². The number of carbonyl (C=O) groups is 2. The maximum atomic E-state index is 13.3. The Morgan fingerprint density at radius 1 is 0.938 bits per heavy atom. The number of likely N-dealkylation sites (tertiary alicyclic amines) is 1. The molecule has 5 fully saturated rings. The monoisotopic (exact) mass is 440 g/mol. The van der Waals surface area contributed by atoms with E-state index < -0.39 is 0 Å². The smallest absolute Gasteiger partial charge is 0.260 e. The van der Waals surface area contributed by atoms with Crippen molar-refractivity contribution in [2.75, 3.05) is 26.3 Å². The molecule has 6 nitrogen and oxygen atoms in total. The molecular formula is C26H36N2O4. The highest BCUT2D eigenvalue weighted by molar-refractivity contribution is 5.83. The molecule has 4 saturated carbocycles. The molecule has 1 heterocycles. The van der Waals surface area contributed by atoms with Gasteiger partial charge in [-0.1, -0.05) is 0 Å².